The maximum atomic E-state index is 12.7. The fourth-order valence-corrected chi connectivity index (χ4v) is 4.19. The average Bonchev–Trinajstić information content (AvgIpc) is 2.83. The first-order valence-electron chi connectivity index (χ1n) is 7.60. The van der Waals surface area contributed by atoms with Crippen LogP contribution in [0.4, 0.5) is 0 Å². The Morgan fingerprint density at radius 1 is 1.29 bits per heavy atom. The van der Waals surface area contributed by atoms with Crippen LogP contribution in [0.2, 0.25) is 0 Å². The topological polar surface area (TPSA) is 74.7 Å². The van der Waals surface area contributed by atoms with Crippen LogP contribution in [0.5, 0.6) is 0 Å². The maximum absolute atomic E-state index is 12.7. The van der Waals surface area contributed by atoms with Crippen molar-refractivity contribution in [3.8, 4) is 0 Å². The van der Waals surface area contributed by atoms with Gasteiger partial charge in [0.05, 0.1) is 0 Å². The number of carboxylic acids is 1. The minimum absolute atomic E-state index is 0.0126. The van der Waals surface area contributed by atoms with Crippen LogP contribution in [0.25, 0.3) is 0 Å². The molecule has 0 aromatic carbocycles. The van der Waals surface area contributed by atoms with Crippen molar-refractivity contribution in [3.05, 3.63) is 0 Å². The molecule has 0 aromatic heterocycles. The molecule has 1 heterocycles. The molecule has 1 aliphatic carbocycles. The lowest BCUT2D eigenvalue weighted by atomic mass is 9.84. The zero-order valence-corrected chi connectivity index (χ0v) is 13.4. The van der Waals surface area contributed by atoms with E-state index in [1.54, 1.807) is 11.8 Å². The molecule has 4 atom stereocenters. The Hall–Kier alpha value is -1.04. The van der Waals surface area contributed by atoms with Gasteiger partial charge in [-0.1, -0.05) is 31.5 Å². The van der Waals surface area contributed by atoms with Crippen LogP contribution in [-0.2, 0) is 14.4 Å². The third-order valence-electron chi connectivity index (χ3n) is 4.59. The van der Waals surface area contributed by atoms with Crippen LogP contribution in [-0.4, -0.2) is 44.8 Å². The normalized spacial score (nSPS) is 29.8. The van der Waals surface area contributed by atoms with E-state index in [0.717, 1.165) is 37.4 Å². The number of aliphatic carboxylic acids is 1. The summed E-state index contributed by atoms with van der Waals surface area (Å²) in [5.74, 6) is -0.568. The van der Waals surface area contributed by atoms with Crippen molar-refractivity contribution in [3.63, 3.8) is 0 Å². The first kappa shape index (κ1) is 16.3. The fraction of sp³-hybridized carbons (Fsp3) is 0.800. The van der Waals surface area contributed by atoms with Gasteiger partial charge in [-0.3, -0.25) is 9.59 Å². The monoisotopic (exact) mass is 313 g/mol. The number of nitrogens with zero attached hydrogens (tertiary/aromatic N) is 1. The van der Waals surface area contributed by atoms with Crippen molar-refractivity contribution in [2.24, 2.45) is 11.8 Å². The standard InChI is InChI=1S/C15H23NO4S/c1-9(8-21-10(2)17)14(18)16-12-6-4-3-5-11(12)7-13(16)15(19)20/h9,11-13H,3-8H2,1-2H3,(H,19,20). The highest BCUT2D eigenvalue weighted by Gasteiger charge is 2.48. The van der Waals surface area contributed by atoms with Crippen LogP contribution in [0.3, 0.4) is 0 Å². The molecule has 118 valence electrons. The molecule has 4 unspecified atom stereocenters. The van der Waals surface area contributed by atoms with E-state index in [0.29, 0.717) is 18.1 Å². The molecular weight excluding hydrogens is 290 g/mol. The Kier molecular flexibility index (Phi) is 5.30. The first-order chi connectivity index (χ1) is 9.91. The molecule has 2 fully saturated rings. The number of carboxylic acid groups (broad SMARTS) is 1. The van der Waals surface area contributed by atoms with E-state index in [4.69, 9.17) is 0 Å². The molecule has 6 heteroatoms. The highest BCUT2D eigenvalue weighted by atomic mass is 32.2. The third kappa shape index (κ3) is 3.59. The van der Waals surface area contributed by atoms with E-state index in [1.807, 2.05) is 0 Å². The van der Waals surface area contributed by atoms with Crippen molar-refractivity contribution < 1.29 is 19.5 Å². The molecule has 0 radical (unpaired) electrons. The van der Waals surface area contributed by atoms with Crippen molar-refractivity contribution >= 4 is 28.8 Å². The van der Waals surface area contributed by atoms with Gasteiger partial charge in [0.25, 0.3) is 0 Å². The Balaban J connectivity index is 2.11. The van der Waals surface area contributed by atoms with Crippen LogP contribution in [0.1, 0.15) is 46.0 Å². The van der Waals surface area contributed by atoms with E-state index in [-0.39, 0.29) is 23.0 Å². The second-order valence-electron chi connectivity index (χ2n) is 6.15. The van der Waals surface area contributed by atoms with Gasteiger partial charge in [-0.2, -0.15) is 0 Å². The lowest BCUT2D eigenvalue weighted by molar-refractivity contribution is -0.151. The summed E-state index contributed by atoms with van der Waals surface area (Å²) in [6, 6.07) is -0.604. The van der Waals surface area contributed by atoms with Gasteiger partial charge in [0.15, 0.2) is 5.12 Å². The van der Waals surface area contributed by atoms with Crippen molar-refractivity contribution in [1.29, 1.82) is 0 Å². The van der Waals surface area contributed by atoms with Crippen molar-refractivity contribution in [2.75, 3.05) is 5.75 Å². The van der Waals surface area contributed by atoms with Crippen molar-refractivity contribution in [2.45, 2.75) is 58.0 Å². The van der Waals surface area contributed by atoms with Crippen LogP contribution in [0.15, 0.2) is 0 Å². The molecule has 1 N–H and O–H groups in total. The summed E-state index contributed by atoms with van der Waals surface area (Å²) in [6.45, 7) is 3.27. The first-order valence-corrected chi connectivity index (χ1v) is 8.58. The molecule has 0 aromatic rings. The minimum Gasteiger partial charge on any atom is -0.480 e. The number of carbonyl (C=O) groups is 3. The number of likely N-dealkylation sites (tertiary alicyclic amines) is 1. The number of rotatable bonds is 4. The molecule has 0 bridgehead atoms. The second-order valence-corrected chi connectivity index (χ2v) is 7.35. The highest BCUT2D eigenvalue weighted by Crippen LogP contribution is 2.40. The Morgan fingerprint density at radius 3 is 2.57 bits per heavy atom. The number of carbonyl (C=O) groups excluding carboxylic acids is 2. The zero-order chi connectivity index (χ0) is 15.6. The van der Waals surface area contributed by atoms with Crippen molar-refractivity contribution in [1.82, 2.24) is 4.90 Å². The lowest BCUT2D eigenvalue weighted by Crippen LogP contribution is -2.48. The molecule has 1 saturated heterocycles. The van der Waals surface area contributed by atoms with E-state index in [2.05, 4.69) is 0 Å². The number of hydrogen-bond donors (Lipinski definition) is 1. The Morgan fingerprint density at radius 2 is 1.95 bits per heavy atom. The van der Waals surface area contributed by atoms with E-state index in [9.17, 15) is 19.5 Å². The van der Waals surface area contributed by atoms with Gasteiger partial charge in [0.1, 0.15) is 6.04 Å². The van der Waals surface area contributed by atoms with E-state index in [1.165, 1.54) is 6.92 Å². The van der Waals surface area contributed by atoms with Gasteiger partial charge in [0, 0.05) is 24.6 Å². The highest BCUT2D eigenvalue weighted by molar-refractivity contribution is 8.13. The van der Waals surface area contributed by atoms with Crippen LogP contribution in [0, 0.1) is 11.8 Å². The summed E-state index contributed by atoms with van der Waals surface area (Å²) in [6.07, 6.45) is 4.71. The number of thioether (sulfide) groups is 1. The summed E-state index contributed by atoms with van der Waals surface area (Å²) in [4.78, 5) is 36.8. The molecular formula is C15H23NO4S. The lowest BCUT2D eigenvalue weighted by Gasteiger charge is -2.34. The predicted molar refractivity (Wildman–Crippen MR) is 80.9 cm³/mol. The summed E-state index contributed by atoms with van der Waals surface area (Å²) >= 11 is 1.13. The molecule has 0 spiro atoms. The maximum Gasteiger partial charge on any atom is 0.326 e. The molecule has 2 rings (SSSR count). The third-order valence-corrected chi connectivity index (χ3v) is 5.66. The number of hydrogen-bond acceptors (Lipinski definition) is 4. The smallest absolute Gasteiger partial charge is 0.326 e. The van der Waals surface area contributed by atoms with Gasteiger partial charge >= 0.3 is 5.97 Å². The largest absolute Gasteiger partial charge is 0.480 e. The zero-order valence-electron chi connectivity index (χ0n) is 12.6. The summed E-state index contributed by atoms with van der Waals surface area (Å²) in [5.41, 5.74) is 0. The molecule has 1 amide bonds. The molecule has 21 heavy (non-hydrogen) atoms. The molecule has 1 aliphatic heterocycles. The van der Waals surface area contributed by atoms with Crippen LogP contribution >= 0.6 is 11.8 Å². The van der Waals surface area contributed by atoms with E-state index >= 15 is 0 Å². The minimum atomic E-state index is -0.899. The van der Waals surface area contributed by atoms with Gasteiger partial charge in [-0.25, -0.2) is 4.79 Å². The predicted octanol–water partition coefficient (Wildman–Crippen LogP) is 2.15. The fourth-order valence-electron chi connectivity index (χ4n) is 3.57. The summed E-state index contributed by atoms with van der Waals surface area (Å²) in [5, 5.41) is 9.41. The average molecular weight is 313 g/mol. The number of fused-ring (bicyclic) bond motifs is 1. The Labute approximate surface area is 129 Å². The van der Waals surface area contributed by atoms with Crippen LogP contribution < -0.4 is 0 Å². The van der Waals surface area contributed by atoms with Gasteiger partial charge in [-0.05, 0) is 25.2 Å². The second kappa shape index (κ2) is 6.81. The Bertz CT molecular complexity index is 439. The quantitative estimate of drug-likeness (QED) is 0.860. The summed E-state index contributed by atoms with van der Waals surface area (Å²) < 4.78 is 0. The van der Waals surface area contributed by atoms with E-state index < -0.39 is 12.0 Å². The van der Waals surface area contributed by atoms with Gasteiger partial charge in [0.2, 0.25) is 5.91 Å². The molecule has 5 nitrogen and oxygen atoms in total. The SMILES string of the molecule is CC(=O)SCC(C)C(=O)N1C(C(=O)O)CC2CCCCC21. The summed E-state index contributed by atoms with van der Waals surface area (Å²) in [7, 11) is 0. The van der Waals surface area contributed by atoms with Gasteiger partial charge < -0.3 is 10.0 Å². The number of amides is 1. The molecule has 1 saturated carbocycles. The molecule has 2 aliphatic rings. The van der Waals surface area contributed by atoms with Gasteiger partial charge in [-0.15, -0.1) is 0 Å².